The third-order valence-corrected chi connectivity index (χ3v) is 5.75. The first-order valence-corrected chi connectivity index (χ1v) is 11.9. The highest BCUT2D eigenvalue weighted by molar-refractivity contribution is 7.92. The van der Waals surface area contributed by atoms with Crippen LogP contribution < -0.4 is 19.7 Å². The second-order valence-corrected chi connectivity index (χ2v) is 8.80. The van der Waals surface area contributed by atoms with Crippen LogP contribution in [0.4, 0.5) is 11.4 Å². The lowest BCUT2D eigenvalue weighted by molar-refractivity contribution is -0.116. The van der Waals surface area contributed by atoms with Crippen LogP contribution in [0.3, 0.4) is 0 Å². The number of rotatable bonds is 11. The number of ether oxygens (including phenoxy) is 2. The van der Waals surface area contributed by atoms with Gasteiger partial charge >= 0.3 is 0 Å². The average molecular weight is 464 g/mol. The Morgan fingerprint density at radius 2 is 1.75 bits per heavy atom. The molecule has 32 heavy (non-hydrogen) atoms. The first kappa shape index (κ1) is 25.2. The lowest BCUT2D eigenvalue weighted by Gasteiger charge is -2.28. The lowest BCUT2D eigenvalue weighted by atomic mass is 10.1. The average Bonchev–Trinajstić information content (AvgIpc) is 2.74. The quantitative estimate of drug-likeness (QED) is 0.494. The van der Waals surface area contributed by atoms with E-state index < -0.39 is 22.0 Å². The molecule has 2 amide bonds. The highest BCUT2D eigenvalue weighted by Gasteiger charge is 2.29. The summed E-state index contributed by atoms with van der Waals surface area (Å²) in [6.45, 7) is 4.47. The Hall–Kier alpha value is -3.11. The highest BCUT2D eigenvalue weighted by atomic mass is 32.2. The minimum absolute atomic E-state index is 0.260. The molecule has 2 aromatic carbocycles. The molecular weight excluding hydrogens is 434 g/mol. The topological polar surface area (TPSA) is 114 Å². The first-order chi connectivity index (χ1) is 15.2. The molecule has 0 unspecified atom stereocenters. The summed E-state index contributed by atoms with van der Waals surface area (Å²) in [4.78, 5) is 25.4. The van der Waals surface area contributed by atoms with Crippen molar-refractivity contribution < 1.29 is 27.5 Å². The fraction of sp³-hybridized carbons (Fsp3) is 0.364. The van der Waals surface area contributed by atoms with E-state index in [4.69, 9.17) is 9.47 Å². The van der Waals surface area contributed by atoms with Gasteiger partial charge in [-0.2, -0.15) is 0 Å². The van der Waals surface area contributed by atoms with E-state index in [1.807, 2.05) is 6.92 Å². The molecule has 2 rings (SSSR count). The Morgan fingerprint density at radius 3 is 2.34 bits per heavy atom. The predicted octanol–water partition coefficient (Wildman–Crippen LogP) is 2.25. The molecule has 0 spiro atoms. The van der Waals surface area contributed by atoms with E-state index in [1.54, 1.807) is 48.5 Å². The molecule has 0 aliphatic carbocycles. The number of hydrogen-bond acceptors (Lipinski definition) is 6. The summed E-state index contributed by atoms with van der Waals surface area (Å²) >= 11 is 0. The molecule has 2 aromatic rings. The number of nitrogens with one attached hydrogen (secondary N) is 2. The minimum atomic E-state index is -3.78. The van der Waals surface area contributed by atoms with Gasteiger partial charge in [-0.1, -0.05) is 12.1 Å². The Labute approximate surface area is 188 Å². The molecule has 0 radical (unpaired) electrons. The van der Waals surface area contributed by atoms with Gasteiger partial charge in [-0.05, 0) is 50.2 Å². The van der Waals surface area contributed by atoms with E-state index in [9.17, 15) is 18.0 Å². The molecule has 0 fully saturated rings. The van der Waals surface area contributed by atoms with Crippen molar-refractivity contribution in [3.05, 3.63) is 54.1 Å². The molecule has 0 bridgehead atoms. The van der Waals surface area contributed by atoms with Crippen LogP contribution in [0.5, 0.6) is 5.75 Å². The van der Waals surface area contributed by atoms with Crippen LogP contribution in [0.25, 0.3) is 0 Å². The Bertz CT molecular complexity index is 1020. The second-order valence-electron chi connectivity index (χ2n) is 6.95. The number of hydrogen-bond donors (Lipinski definition) is 2. The van der Waals surface area contributed by atoms with E-state index in [2.05, 4.69) is 10.6 Å². The number of carbonyl (C=O) groups is 2. The van der Waals surface area contributed by atoms with Gasteiger partial charge in [0.2, 0.25) is 15.9 Å². The number of carbonyl (C=O) groups excluding carboxylic acids is 2. The largest absolute Gasteiger partial charge is 0.494 e. The van der Waals surface area contributed by atoms with Gasteiger partial charge in [0.1, 0.15) is 11.8 Å². The molecule has 0 aliphatic heterocycles. The minimum Gasteiger partial charge on any atom is -0.494 e. The maximum Gasteiger partial charge on any atom is 0.253 e. The Morgan fingerprint density at radius 1 is 1.09 bits per heavy atom. The van der Waals surface area contributed by atoms with Crippen LogP contribution in [0, 0.1) is 0 Å². The zero-order valence-electron chi connectivity index (χ0n) is 18.6. The number of amides is 2. The first-order valence-electron chi connectivity index (χ1n) is 10.1. The zero-order valence-corrected chi connectivity index (χ0v) is 19.4. The summed E-state index contributed by atoms with van der Waals surface area (Å²) in [6.07, 6.45) is 1.03. The maximum absolute atomic E-state index is 13.0. The van der Waals surface area contributed by atoms with Gasteiger partial charge in [0.25, 0.3) is 5.91 Å². The van der Waals surface area contributed by atoms with Crippen molar-refractivity contribution in [2.75, 3.05) is 42.7 Å². The van der Waals surface area contributed by atoms with E-state index in [-0.39, 0.29) is 17.2 Å². The van der Waals surface area contributed by atoms with E-state index >= 15 is 0 Å². The fourth-order valence-electron chi connectivity index (χ4n) is 3.05. The van der Waals surface area contributed by atoms with Gasteiger partial charge in [-0.3, -0.25) is 13.9 Å². The van der Waals surface area contributed by atoms with Crippen LogP contribution in [0.2, 0.25) is 0 Å². The highest BCUT2D eigenvalue weighted by Crippen LogP contribution is 2.25. The standard InChI is InChI=1S/C22H29N3O6S/c1-5-31-18-12-10-17(11-13-18)25(32(4,28)29)16(2)21(26)24-20-9-7-6-8-19(20)22(27)23-14-15-30-3/h6-13,16H,5,14-15H2,1-4H3,(H,23,27)(H,24,26)/t16-/m1/s1. The van der Waals surface area contributed by atoms with Gasteiger partial charge in [0.15, 0.2) is 0 Å². The number of sulfonamides is 1. The molecule has 174 valence electrons. The summed E-state index contributed by atoms with van der Waals surface area (Å²) in [5.74, 6) is -0.367. The summed E-state index contributed by atoms with van der Waals surface area (Å²) in [7, 11) is -2.26. The van der Waals surface area contributed by atoms with Crippen LogP contribution >= 0.6 is 0 Å². The monoisotopic (exact) mass is 463 g/mol. The van der Waals surface area contributed by atoms with Crippen LogP contribution in [-0.4, -0.2) is 59.4 Å². The zero-order chi connectivity index (χ0) is 23.7. The third-order valence-electron chi connectivity index (χ3n) is 4.51. The lowest BCUT2D eigenvalue weighted by Crippen LogP contribution is -2.45. The summed E-state index contributed by atoms with van der Waals surface area (Å²) in [5, 5.41) is 5.37. The molecule has 0 aromatic heterocycles. The van der Waals surface area contributed by atoms with E-state index in [1.165, 1.54) is 14.0 Å². The van der Waals surface area contributed by atoms with Crippen molar-refractivity contribution in [2.24, 2.45) is 0 Å². The SMILES string of the molecule is CCOc1ccc(N([C@H](C)C(=O)Nc2ccccc2C(=O)NCCOC)S(C)(=O)=O)cc1. The number of benzene rings is 2. The molecule has 10 heteroatoms. The fourth-order valence-corrected chi connectivity index (χ4v) is 4.23. The van der Waals surface area contributed by atoms with E-state index in [0.717, 1.165) is 10.6 Å². The van der Waals surface area contributed by atoms with Crippen LogP contribution in [-0.2, 0) is 19.6 Å². The number of anilines is 2. The van der Waals surface area contributed by atoms with Gasteiger partial charge in [-0.15, -0.1) is 0 Å². The molecule has 0 aliphatic rings. The molecule has 0 saturated heterocycles. The third kappa shape index (κ3) is 6.69. The predicted molar refractivity (Wildman–Crippen MR) is 124 cm³/mol. The Kier molecular flexibility index (Phi) is 9.03. The van der Waals surface area contributed by atoms with Crippen molar-refractivity contribution in [1.82, 2.24) is 5.32 Å². The second kappa shape index (κ2) is 11.5. The van der Waals surface area contributed by atoms with Crippen molar-refractivity contribution >= 4 is 33.2 Å². The van der Waals surface area contributed by atoms with Crippen molar-refractivity contribution in [2.45, 2.75) is 19.9 Å². The molecule has 1 atom stereocenters. The maximum atomic E-state index is 13.0. The number of para-hydroxylation sites is 1. The normalized spacial score (nSPS) is 12.0. The van der Waals surface area contributed by atoms with E-state index in [0.29, 0.717) is 31.2 Å². The van der Waals surface area contributed by atoms with Gasteiger partial charge in [0.05, 0.1) is 36.4 Å². The van der Waals surface area contributed by atoms with Crippen molar-refractivity contribution in [3.63, 3.8) is 0 Å². The number of nitrogens with zero attached hydrogens (tertiary/aromatic N) is 1. The Balaban J connectivity index is 2.25. The molecule has 0 saturated carbocycles. The molecule has 2 N–H and O–H groups in total. The van der Waals surface area contributed by atoms with Gasteiger partial charge in [0, 0.05) is 13.7 Å². The number of methoxy groups -OCH3 is 1. The van der Waals surface area contributed by atoms with Crippen molar-refractivity contribution in [3.8, 4) is 5.75 Å². The van der Waals surface area contributed by atoms with Crippen LogP contribution in [0.1, 0.15) is 24.2 Å². The van der Waals surface area contributed by atoms with Gasteiger partial charge in [-0.25, -0.2) is 8.42 Å². The molecular formula is C22H29N3O6S. The summed E-state index contributed by atoms with van der Waals surface area (Å²) < 4.78 is 36.3. The van der Waals surface area contributed by atoms with Gasteiger partial charge < -0.3 is 20.1 Å². The van der Waals surface area contributed by atoms with Crippen LogP contribution in [0.15, 0.2) is 48.5 Å². The summed E-state index contributed by atoms with van der Waals surface area (Å²) in [6, 6.07) is 11.9. The summed E-state index contributed by atoms with van der Waals surface area (Å²) in [5.41, 5.74) is 0.861. The van der Waals surface area contributed by atoms with Crippen molar-refractivity contribution in [1.29, 1.82) is 0 Å². The molecule has 9 nitrogen and oxygen atoms in total. The molecule has 0 heterocycles. The smallest absolute Gasteiger partial charge is 0.253 e.